The quantitative estimate of drug-likeness (QED) is 0.308. The van der Waals surface area contributed by atoms with Gasteiger partial charge in [0.1, 0.15) is 5.15 Å². The zero-order chi connectivity index (χ0) is 28.8. The fourth-order valence-electron chi connectivity index (χ4n) is 5.54. The number of rotatable bonds is 10. The minimum absolute atomic E-state index is 0.113. The van der Waals surface area contributed by atoms with Crippen LogP contribution in [0.15, 0.2) is 42.7 Å². The van der Waals surface area contributed by atoms with Crippen molar-refractivity contribution >= 4 is 23.2 Å². The number of pyridine rings is 2. The van der Waals surface area contributed by atoms with E-state index >= 15 is 0 Å². The summed E-state index contributed by atoms with van der Waals surface area (Å²) in [7, 11) is 1.48. The number of benzene rings is 1. The van der Waals surface area contributed by atoms with Crippen LogP contribution < -0.4 is 15.0 Å². The first-order valence-electron chi connectivity index (χ1n) is 13.8. The van der Waals surface area contributed by atoms with E-state index in [-0.39, 0.29) is 23.5 Å². The van der Waals surface area contributed by atoms with E-state index in [1.165, 1.54) is 12.7 Å². The van der Waals surface area contributed by atoms with Crippen LogP contribution >= 0.6 is 11.6 Å². The van der Waals surface area contributed by atoms with Gasteiger partial charge < -0.3 is 19.9 Å². The number of carbonyl (C=O) groups excluding carboxylic acids is 1. The summed E-state index contributed by atoms with van der Waals surface area (Å²) in [5, 5.41) is 3.46. The predicted molar refractivity (Wildman–Crippen MR) is 158 cm³/mol. The average Bonchev–Trinajstić information content (AvgIpc) is 2.92. The molecule has 1 unspecified atom stereocenters. The summed E-state index contributed by atoms with van der Waals surface area (Å²) in [6.45, 7) is 11.1. The summed E-state index contributed by atoms with van der Waals surface area (Å²) < 4.78 is 19.8. The molecule has 1 aliphatic heterocycles. The van der Waals surface area contributed by atoms with E-state index in [2.05, 4.69) is 38.9 Å². The van der Waals surface area contributed by atoms with Crippen LogP contribution in [0.25, 0.3) is 0 Å². The summed E-state index contributed by atoms with van der Waals surface area (Å²) >= 11 is 6.01. The molecule has 1 aromatic carbocycles. The Balaban J connectivity index is 1.37. The fraction of sp³-hybridized carbons (Fsp3) is 0.452. The van der Waals surface area contributed by atoms with E-state index in [4.69, 9.17) is 16.3 Å². The lowest BCUT2D eigenvalue weighted by molar-refractivity contribution is 0.0943. The maximum Gasteiger partial charge on any atom is 0.253 e. The molecule has 0 aliphatic carbocycles. The standard InChI is InChI=1S/C31H39ClFN5O2/c1-20-8-12-34-18-24(20)19-38(26-6-7-28(40-5)27(33)17-26)25-10-14-37(15-11-25)22(3)9-13-35-31(39)30-21(2)16-29(32)36-23(30)4/h6-8,12,16-18,22,25H,9-11,13-15,19H2,1-5H3,(H,35,39). The van der Waals surface area contributed by atoms with Gasteiger partial charge in [-0.3, -0.25) is 9.78 Å². The molecule has 1 saturated heterocycles. The van der Waals surface area contributed by atoms with Gasteiger partial charge in [-0.15, -0.1) is 0 Å². The number of aryl methyl sites for hydroxylation is 3. The van der Waals surface area contributed by atoms with E-state index in [1.54, 1.807) is 31.3 Å². The molecule has 3 heterocycles. The molecule has 1 N–H and O–H groups in total. The summed E-state index contributed by atoms with van der Waals surface area (Å²) in [6.07, 6.45) is 6.46. The maximum absolute atomic E-state index is 14.7. The molecule has 1 fully saturated rings. The molecule has 0 radical (unpaired) electrons. The van der Waals surface area contributed by atoms with Crippen LogP contribution in [0, 0.1) is 26.6 Å². The van der Waals surface area contributed by atoms with Crippen molar-refractivity contribution in [3.63, 3.8) is 0 Å². The van der Waals surface area contributed by atoms with E-state index in [0.29, 0.717) is 35.5 Å². The predicted octanol–water partition coefficient (Wildman–Crippen LogP) is 5.88. The van der Waals surface area contributed by atoms with E-state index in [0.717, 1.165) is 49.2 Å². The normalized spacial score (nSPS) is 15.1. The van der Waals surface area contributed by atoms with Crippen LogP contribution in [0.3, 0.4) is 0 Å². The van der Waals surface area contributed by atoms with Gasteiger partial charge in [-0.25, -0.2) is 9.37 Å². The van der Waals surface area contributed by atoms with E-state index < -0.39 is 0 Å². The largest absolute Gasteiger partial charge is 0.494 e. The fourth-order valence-corrected chi connectivity index (χ4v) is 5.83. The highest BCUT2D eigenvalue weighted by atomic mass is 35.5. The van der Waals surface area contributed by atoms with Gasteiger partial charge >= 0.3 is 0 Å². The second kappa shape index (κ2) is 13.4. The number of anilines is 1. The molecule has 1 atom stereocenters. The monoisotopic (exact) mass is 567 g/mol. The number of hydrogen-bond donors (Lipinski definition) is 1. The molecule has 1 aliphatic rings. The zero-order valence-corrected chi connectivity index (χ0v) is 24.8. The topological polar surface area (TPSA) is 70.6 Å². The molecule has 3 aromatic rings. The molecule has 0 bridgehead atoms. The molecular formula is C31H39ClFN5O2. The van der Waals surface area contributed by atoms with Crippen molar-refractivity contribution in [3.8, 4) is 5.75 Å². The van der Waals surface area contributed by atoms with Gasteiger partial charge in [0.2, 0.25) is 0 Å². The maximum atomic E-state index is 14.7. The molecule has 1 amide bonds. The molecule has 214 valence electrons. The molecular weight excluding hydrogens is 529 g/mol. The summed E-state index contributed by atoms with van der Waals surface area (Å²) in [5.74, 6) is -0.228. The molecule has 9 heteroatoms. The van der Waals surface area contributed by atoms with Crippen molar-refractivity contribution < 1.29 is 13.9 Å². The third kappa shape index (κ3) is 7.09. The Morgan fingerprint density at radius 2 is 1.95 bits per heavy atom. The molecule has 7 nitrogen and oxygen atoms in total. The Labute approximate surface area is 241 Å². The van der Waals surface area contributed by atoms with Crippen molar-refractivity contribution in [2.24, 2.45) is 0 Å². The number of piperidine rings is 1. The van der Waals surface area contributed by atoms with Crippen molar-refractivity contribution in [3.05, 3.63) is 81.6 Å². The van der Waals surface area contributed by atoms with Crippen LogP contribution in [0.4, 0.5) is 10.1 Å². The van der Waals surface area contributed by atoms with E-state index in [9.17, 15) is 9.18 Å². The lowest BCUT2D eigenvalue weighted by atomic mass is 9.99. The number of amides is 1. The number of methoxy groups -OCH3 is 1. The number of carbonyl (C=O) groups is 1. The lowest BCUT2D eigenvalue weighted by Crippen LogP contribution is -2.48. The first-order chi connectivity index (χ1) is 19.2. The number of likely N-dealkylation sites (tertiary alicyclic amines) is 1. The SMILES string of the molecule is COc1ccc(N(Cc2cnccc2C)C2CCN(C(C)CCNC(=O)c3c(C)cc(Cl)nc3C)CC2)cc1F. The first kappa shape index (κ1) is 29.7. The van der Waals surface area contributed by atoms with Gasteiger partial charge in [-0.05, 0) is 87.9 Å². The number of nitrogens with one attached hydrogen (secondary N) is 1. The highest BCUT2D eigenvalue weighted by Gasteiger charge is 2.28. The van der Waals surface area contributed by atoms with Gasteiger partial charge in [-0.2, -0.15) is 0 Å². The Kier molecular flexibility index (Phi) is 9.98. The zero-order valence-electron chi connectivity index (χ0n) is 24.0. The number of nitrogens with zero attached hydrogens (tertiary/aromatic N) is 4. The van der Waals surface area contributed by atoms with Crippen LogP contribution in [-0.2, 0) is 6.54 Å². The summed E-state index contributed by atoms with van der Waals surface area (Å²) in [4.78, 5) is 26.1. The highest BCUT2D eigenvalue weighted by molar-refractivity contribution is 6.29. The Hall–Kier alpha value is -3.23. The van der Waals surface area contributed by atoms with Crippen molar-refractivity contribution in [1.82, 2.24) is 20.2 Å². The molecule has 0 spiro atoms. The number of hydrogen-bond acceptors (Lipinski definition) is 6. The number of ether oxygens (including phenoxy) is 1. The van der Waals surface area contributed by atoms with Crippen LogP contribution in [-0.4, -0.2) is 59.6 Å². The number of aromatic nitrogens is 2. The first-order valence-corrected chi connectivity index (χ1v) is 14.2. The van der Waals surface area contributed by atoms with Gasteiger partial charge in [0.05, 0.1) is 18.4 Å². The third-order valence-corrected chi connectivity index (χ3v) is 8.15. The molecule has 4 rings (SSSR count). The number of halogens is 2. The van der Waals surface area contributed by atoms with Crippen LogP contribution in [0.5, 0.6) is 5.75 Å². The van der Waals surface area contributed by atoms with Crippen molar-refractivity contribution in [2.75, 3.05) is 31.6 Å². The average molecular weight is 568 g/mol. The minimum atomic E-state index is -0.360. The van der Waals surface area contributed by atoms with Gasteiger partial charge in [-0.1, -0.05) is 11.6 Å². The molecule has 2 aromatic heterocycles. The Bertz CT molecular complexity index is 1310. The van der Waals surface area contributed by atoms with Crippen LogP contribution in [0.2, 0.25) is 5.15 Å². The minimum Gasteiger partial charge on any atom is -0.494 e. The van der Waals surface area contributed by atoms with E-state index in [1.807, 2.05) is 25.3 Å². The van der Waals surface area contributed by atoms with Crippen molar-refractivity contribution in [2.45, 2.75) is 65.6 Å². The second-order valence-corrected chi connectivity index (χ2v) is 11.0. The molecule has 40 heavy (non-hydrogen) atoms. The van der Waals surface area contributed by atoms with Gasteiger partial charge in [0, 0.05) is 62.4 Å². The molecule has 0 saturated carbocycles. The second-order valence-electron chi connectivity index (χ2n) is 10.6. The van der Waals surface area contributed by atoms with Gasteiger partial charge in [0.15, 0.2) is 11.6 Å². The lowest BCUT2D eigenvalue weighted by Gasteiger charge is -2.42. The smallest absolute Gasteiger partial charge is 0.253 e. The Morgan fingerprint density at radius 3 is 2.60 bits per heavy atom. The third-order valence-electron chi connectivity index (χ3n) is 7.96. The van der Waals surface area contributed by atoms with Gasteiger partial charge in [0.25, 0.3) is 5.91 Å². The van der Waals surface area contributed by atoms with Crippen LogP contribution in [0.1, 0.15) is 58.9 Å². The summed E-state index contributed by atoms with van der Waals surface area (Å²) in [6, 6.07) is 9.51. The summed E-state index contributed by atoms with van der Waals surface area (Å²) in [5.41, 5.74) is 5.21. The highest BCUT2D eigenvalue weighted by Crippen LogP contribution is 2.30. The van der Waals surface area contributed by atoms with Crippen molar-refractivity contribution in [1.29, 1.82) is 0 Å². The Morgan fingerprint density at radius 1 is 1.20 bits per heavy atom.